The van der Waals surface area contributed by atoms with E-state index in [2.05, 4.69) is 39.7 Å². The molecule has 0 saturated carbocycles. The summed E-state index contributed by atoms with van der Waals surface area (Å²) in [5.74, 6) is 1.02. The molecule has 0 N–H and O–H groups in total. The van der Waals surface area contributed by atoms with Gasteiger partial charge in [0.1, 0.15) is 5.84 Å². The Labute approximate surface area is 92.8 Å². The van der Waals surface area contributed by atoms with Crippen LogP contribution >= 0.6 is 22.6 Å². The lowest BCUT2D eigenvalue weighted by molar-refractivity contribution is 0.619. The van der Waals surface area contributed by atoms with Crippen LogP contribution in [0.4, 0.5) is 5.69 Å². The Morgan fingerprint density at radius 1 is 1.38 bits per heavy atom. The summed E-state index contributed by atoms with van der Waals surface area (Å²) in [5, 5.41) is 0. The minimum atomic E-state index is 1.01. The number of halogens is 1. The van der Waals surface area contributed by atoms with Crippen molar-refractivity contribution < 1.29 is 0 Å². The standard InChI is InChI=1S/C10H13IN2/c1-8(13(2)3)12-10-6-4-5-9(11)7-10/h4-7H,1-3H3. The fourth-order valence-corrected chi connectivity index (χ4v) is 1.36. The van der Waals surface area contributed by atoms with Crippen molar-refractivity contribution in [3.63, 3.8) is 0 Å². The van der Waals surface area contributed by atoms with E-state index in [-0.39, 0.29) is 0 Å². The summed E-state index contributed by atoms with van der Waals surface area (Å²) >= 11 is 2.29. The Balaban J connectivity index is 2.91. The van der Waals surface area contributed by atoms with Gasteiger partial charge in [0.25, 0.3) is 0 Å². The highest BCUT2D eigenvalue weighted by Gasteiger charge is 1.94. The molecular formula is C10H13IN2. The van der Waals surface area contributed by atoms with Crippen LogP contribution in [0, 0.1) is 3.57 Å². The lowest BCUT2D eigenvalue weighted by Gasteiger charge is -2.10. The number of hydrogen-bond acceptors (Lipinski definition) is 1. The molecule has 0 aliphatic heterocycles. The van der Waals surface area contributed by atoms with E-state index < -0.39 is 0 Å². The van der Waals surface area contributed by atoms with Crippen molar-refractivity contribution in [3.05, 3.63) is 27.8 Å². The molecule has 0 fully saturated rings. The molecule has 0 atom stereocenters. The smallest absolute Gasteiger partial charge is 0.101 e. The lowest BCUT2D eigenvalue weighted by Crippen LogP contribution is -2.17. The molecule has 0 radical (unpaired) electrons. The molecule has 0 amide bonds. The summed E-state index contributed by atoms with van der Waals surface area (Å²) in [4.78, 5) is 6.46. The topological polar surface area (TPSA) is 15.6 Å². The first-order valence-corrected chi connectivity index (χ1v) is 5.15. The SMILES string of the molecule is CC(=Nc1cccc(I)c1)N(C)C. The molecule has 3 heteroatoms. The highest BCUT2D eigenvalue weighted by molar-refractivity contribution is 14.1. The van der Waals surface area contributed by atoms with Crippen molar-refractivity contribution in [1.29, 1.82) is 0 Å². The number of rotatable bonds is 1. The fraction of sp³-hybridized carbons (Fsp3) is 0.300. The van der Waals surface area contributed by atoms with Crippen molar-refractivity contribution in [2.45, 2.75) is 6.92 Å². The number of nitrogens with zero attached hydrogens (tertiary/aromatic N) is 2. The first kappa shape index (κ1) is 10.5. The molecule has 0 bridgehead atoms. The Bertz CT molecular complexity index is 318. The predicted octanol–water partition coefficient (Wildman–Crippen LogP) is 2.90. The maximum Gasteiger partial charge on any atom is 0.101 e. The Morgan fingerprint density at radius 2 is 2.08 bits per heavy atom. The van der Waals surface area contributed by atoms with Gasteiger partial charge in [-0.3, -0.25) is 0 Å². The third-order valence-electron chi connectivity index (χ3n) is 1.75. The van der Waals surface area contributed by atoms with E-state index in [1.54, 1.807) is 0 Å². The average molecular weight is 288 g/mol. The number of benzene rings is 1. The molecule has 0 spiro atoms. The zero-order valence-corrected chi connectivity index (χ0v) is 10.2. The molecule has 0 aliphatic carbocycles. The van der Waals surface area contributed by atoms with Crippen LogP contribution in [-0.4, -0.2) is 24.8 Å². The van der Waals surface area contributed by atoms with Gasteiger partial charge in [-0.25, -0.2) is 4.99 Å². The van der Waals surface area contributed by atoms with Crippen LogP contribution in [0.1, 0.15) is 6.92 Å². The molecule has 70 valence electrons. The van der Waals surface area contributed by atoms with Crippen LogP contribution in [0.5, 0.6) is 0 Å². The van der Waals surface area contributed by atoms with E-state index in [1.165, 1.54) is 3.57 Å². The van der Waals surface area contributed by atoms with Crippen LogP contribution in [0.15, 0.2) is 29.3 Å². The predicted molar refractivity (Wildman–Crippen MR) is 65.6 cm³/mol. The maximum atomic E-state index is 4.46. The van der Waals surface area contributed by atoms with Crippen LogP contribution in [0.2, 0.25) is 0 Å². The average Bonchev–Trinajstić information content (AvgIpc) is 2.04. The van der Waals surface area contributed by atoms with Gasteiger partial charge in [-0.1, -0.05) is 6.07 Å². The van der Waals surface area contributed by atoms with Gasteiger partial charge >= 0.3 is 0 Å². The zero-order chi connectivity index (χ0) is 9.84. The summed E-state index contributed by atoms with van der Waals surface area (Å²) in [6.45, 7) is 2.00. The van der Waals surface area contributed by atoms with Gasteiger partial charge in [-0.2, -0.15) is 0 Å². The van der Waals surface area contributed by atoms with Crippen LogP contribution in [0.25, 0.3) is 0 Å². The summed E-state index contributed by atoms with van der Waals surface area (Å²) in [6.07, 6.45) is 0. The van der Waals surface area contributed by atoms with Gasteiger partial charge in [-0.15, -0.1) is 0 Å². The highest BCUT2D eigenvalue weighted by atomic mass is 127. The molecule has 1 aromatic carbocycles. The van der Waals surface area contributed by atoms with Gasteiger partial charge in [0.15, 0.2) is 0 Å². The van der Waals surface area contributed by atoms with Crippen molar-refractivity contribution in [2.24, 2.45) is 4.99 Å². The van der Waals surface area contributed by atoms with Crippen molar-refractivity contribution in [1.82, 2.24) is 4.90 Å². The quantitative estimate of drug-likeness (QED) is 0.441. The third-order valence-corrected chi connectivity index (χ3v) is 2.42. The Morgan fingerprint density at radius 3 is 2.62 bits per heavy atom. The van der Waals surface area contributed by atoms with Crippen molar-refractivity contribution in [2.75, 3.05) is 14.1 Å². The molecule has 0 saturated heterocycles. The molecule has 2 nitrogen and oxygen atoms in total. The van der Waals surface area contributed by atoms with E-state index in [4.69, 9.17) is 0 Å². The monoisotopic (exact) mass is 288 g/mol. The molecule has 0 aliphatic rings. The summed E-state index contributed by atoms with van der Waals surface area (Å²) in [5.41, 5.74) is 1.01. The lowest BCUT2D eigenvalue weighted by atomic mass is 10.3. The second-order valence-corrected chi connectivity index (χ2v) is 4.28. The molecule has 0 heterocycles. The van der Waals surface area contributed by atoms with E-state index in [1.807, 2.05) is 38.1 Å². The fourth-order valence-electron chi connectivity index (χ4n) is 0.833. The largest absolute Gasteiger partial charge is 0.366 e. The molecule has 13 heavy (non-hydrogen) atoms. The molecule has 1 aromatic rings. The maximum absolute atomic E-state index is 4.46. The van der Waals surface area contributed by atoms with Gasteiger partial charge in [0.05, 0.1) is 5.69 Å². The molecule has 0 aromatic heterocycles. The second kappa shape index (κ2) is 4.60. The Kier molecular flexibility index (Phi) is 3.71. The molecule has 0 unspecified atom stereocenters. The van der Waals surface area contributed by atoms with Crippen molar-refractivity contribution >= 4 is 34.1 Å². The number of hydrogen-bond donors (Lipinski definition) is 0. The second-order valence-electron chi connectivity index (χ2n) is 3.03. The minimum absolute atomic E-state index is 1.01. The summed E-state index contributed by atoms with van der Waals surface area (Å²) < 4.78 is 1.21. The van der Waals surface area contributed by atoms with Crippen LogP contribution in [0.3, 0.4) is 0 Å². The first-order valence-electron chi connectivity index (χ1n) is 4.08. The van der Waals surface area contributed by atoms with E-state index in [9.17, 15) is 0 Å². The highest BCUT2D eigenvalue weighted by Crippen LogP contribution is 2.15. The van der Waals surface area contributed by atoms with Gasteiger partial charge in [0.2, 0.25) is 0 Å². The van der Waals surface area contributed by atoms with Crippen molar-refractivity contribution in [3.8, 4) is 0 Å². The number of amidine groups is 1. The third kappa shape index (κ3) is 3.34. The molecular weight excluding hydrogens is 275 g/mol. The van der Waals surface area contributed by atoms with Gasteiger partial charge < -0.3 is 4.90 Å². The normalized spacial score (nSPS) is 11.5. The van der Waals surface area contributed by atoms with E-state index in [0.717, 1.165) is 11.5 Å². The van der Waals surface area contributed by atoms with Crippen LogP contribution in [-0.2, 0) is 0 Å². The zero-order valence-electron chi connectivity index (χ0n) is 8.08. The van der Waals surface area contributed by atoms with E-state index >= 15 is 0 Å². The minimum Gasteiger partial charge on any atom is -0.366 e. The van der Waals surface area contributed by atoms with E-state index in [0.29, 0.717) is 0 Å². The Hall–Kier alpha value is -0.580. The van der Waals surface area contributed by atoms with Crippen LogP contribution < -0.4 is 0 Å². The number of aliphatic imine (C=N–C) groups is 1. The first-order chi connectivity index (χ1) is 6.09. The summed E-state index contributed by atoms with van der Waals surface area (Å²) in [6, 6.07) is 8.15. The molecule has 1 rings (SSSR count). The summed E-state index contributed by atoms with van der Waals surface area (Å²) in [7, 11) is 3.99. The van der Waals surface area contributed by atoms with Gasteiger partial charge in [0, 0.05) is 17.7 Å². The van der Waals surface area contributed by atoms with Gasteiger partial charge in [-0.05, 0) is 47.7 Å².